The van der Waals surface area contributed by atoms with Crippen LogP contribution in [0.3, 0.4) is 0 Å². The summed E-state index contributed by atoms with van der Waals surface area (Å²) in [6.07, 6.45) is -3.80. The number of nitrogens with one attached hydrogen (secondary N) is 1. The van der Waals surface area contributed by atoms with Gasteiger partial charge >= 0.3 is 12.1 Å². The minimum atomic E-state index is -4.51. The Morgan fingerprint density at radius 2 is 1.81 bits per heavy atom. The van der Waals surface area contributed by atoms with E-state index < -0.39 is 30.2 Å². The van der Waals surface area contributed by atoms with Crippen LogP contribution in [0.4, 0.5) is 13.2 Å². The molecule has 0 spiro atoms. The van der Waals surface area contributed by atoms with Gasteiger partial charge in [0, 0.05) is 22.8 Å². The lowest BCUT2D eigenvalue weighted by atomic mass is 10.1. The van der Waals surface area contributed by atoms with E-state index in [0.717, 1.165) is 12.3 Å². The maximum absolute atomic E-state index is 13.0. The third-order valence-corrected chi connectivity index (χ3v) is 5.76. The number of carboxylic acids is 1. The Morgan fingerprint density at radius 1 is 1.11 bits per heavy atom. The van der Waals surface area contributed by atoms with Crippen LogP contribution in [0, 0.1) is 0 Å². The number of carbonyl (C=O) groups is 2. The number of nitrogens with zero attached hydrogens (tertiary/aromatic N) is 2. The number of hydrogen-bond donors (Lipinski definition) is 2. The molecule has 4 rings (SSSR count). The molecular formula is C26H21ClF3N3O4. The summed E-state index contributed by atoms with van der Waals surface area (Å²) >= 11 is 6.64. The molecule has 0 aliphatic rings. The number of benzene rings is 2. The van der Waals surface area contributed by atoms with Crippen LogP contribution in [-0.4, -0.2) is 39.2 Å². The Labute approximate surface area is 214 Å². The molecule has 2 heterocycles. The summed E-state index contributed by atoms with van der Waals surface area (Å²) in [6.45, 7) is 3.17. The minimum absolute atomic E-state index is 0.00738. The van der Waals surface area contributed by atoms with E-state index in [0.29, 0.717) is 27.9 Å². The molecule has 0 radical (unpaired) electrons. The van der Waals surface area contributed by atoms with Crippen molar-refractivity contribution in [1.29, 1.82) is 0 Å². The zero-order valence-electron chi connectivity index (χ0n) is 19.6. The van der Waals surface area contributed by atoms with Crippen LogP contribution >= 0.6 is 11.6 Å². The van der Waals surface area contributed by atoms with Crippen LogP contribution in [0.5, 0.6) is 5.75 Å². The molecule has 0 bridgehead atoms. The molecule has 4 aromatic rings. The van der Waals surface area contributed by atoms with E-state index in [1.165, 1.54) is 6.07 Å². The molecule has 2 N–H and O–H groups in total. The van der Waals surface area contributed by atoms with E-state index >= 15 is 0 Å². The normalized spacial score (nSPS) is 11.6. The Balaban J connectivity index is 1.84. The number of carbonyl (C=O) groups excluding carboxylic acids is 1. The van der Waals surface area contributed by atoms with Crippen LogP contribution in [0.1, 0.15) is 29.9 Å². The lowest BCUT2D eigenvalue weighted by molar-refractivity contribution is -0.138. The van der Waals surface area contributed by atoms with Gasteiger partial charge in [-0.15, -0.1) is 0 Å². The number of rotatable bonds is 7. The number of alkyl halides is 3. The van der Waals surface area contributed by atoms with Gasteiger partial charge in [-0.25, -0.2) is 0 Å². The average Bonchev–Trinajstić information content (AvgIpc) is 3.14. The Hall–Kier alpha value is -4.05. The summed E-state index contributed by atoms with van der Waals surface area (Å²) in [5, 5.41) is 11.8. The number of fused-ring (bicyclic) bond motifs is 1. The number of halogens is 4. The Bertz CT molecular complexity index is 1460. The molecule has 2 aromatic heterocycles. The van der Waals surface area contributed by atoms with Crippen LogP contribution in [0.2, 0.25) is 5.02 Å². The Morgan fingerprint density at radius 3 is 2.38 bits per heavy atom. The monoisotopic (exact) mass is 531 g/mol. The molecule has 0 aliphatic heterocycles. The zero-order chi connectivity index (χ0) is 26.9. The second kappa shape index (κ2) is 10.1. The molecule has 0 atom stereocenters. The van der Waals surface area contributed by atoms with Gasteiger partial charge < -0.3 is 19.7 Å². The van der Waals surface area contributed by atoms with Crippen LogP contribution in [0.15, 0.2) is 60.8 Å². The first-order chi connectivity index (χ1) is 17.5. The molecule has 192 valence electrons. The van der Waals surface area contributed by atoms with Crippen molar-refractivity contribution in [2.45, 2.75) is 26.1 Å². The summed E-state index contributed by atoms with van der Waals surface area (Å²) in [5.74, 6) is -1.31. The molecule has 1 amide bonds. The molecule has 2 aromatic carbocycles. The molecule has 11 heteroatoms. The first-order valence-electron chi connectivity index (χ1n) is 11.1. The topological polar surface area (TPSA) is 93.5 Å². The van der Waals surface area contributed by atoms with Gasteiger partial charge in [-0.2, -0.15) is 13.2 Å². The van der Waals surface area contributed by atoms with E-state index in [1.54, 1.807) is 47.0 Å². The summed E-state index contributed by atoms with van der Waals surface area (Å²) < 4.78 is 46.0. The predicted octanol–water partition coefficient (Wildman–Crippen LogP) is 5.97. The maximum atomic E-state index is 13.0. The first-order valence-corrected chi connectivity index (χ1v) is 11.5. The van der Waals surface area contributed by atoms with E-state index in [9.17, 15) is 22.8 Å². The fourth-order valence-corrected chi connectivity index (χ4v) is 4.12. The highest BCUT2D eigenvalue weighted by atomic mass is 35.5. The summed E-state index contributed by atoms with van der Waals surface area (Å²) in [7, 11) is 0. The third kappa shape index (κ3) is 5.54. The number of aliphatic carboxylic acids is 1. The van der Waals surface area contributed by atoms with E-state index in [4.69, 9.17) is 21.4 Å². The highest BCUT2D eigenvalue weighted by Crippen LogP contribution is 2.37. The molecular weight excluding hydrogens is 511 g/mol. The van der Waals surface area contributed by atoms with Crippen molar-refractivity contribution in [3.05, 3.63) is 77.1 Å². The highest BCUT2D eigenvalue weighted by Gasteiger charge is 2.31. The van der Waals surface area contributed by atoms with Crippen molar-refractivity contribution in [2.75, 3.05) is 6.54 Å². The van der Waals surface area contributed by atoms with Crippen molar-refractivity contribution >= 4 is 34.4 Å². The average molecular weight is 532 g/mol. The Kier molecular flexibility index (Phi) is 7.13. The quantitative estimate of drug-likeness (QED) is 0.307. The zero-order valence-corrected chi connectivity index (χ0v) is 20.4. The number of carboxylic acid groups (broad SMARTS) is 1. The van der Waals surface area contributed by atoms with Gasteiger partial charge in [0.05, 0.1) is 27.9 Å². The SMILES string of the molecule is CC(C)Oc1ccc(-n2c(C(=O)NCC(=O)O)c(Cl)c3cc(-c4ccc(C(F)(F)F)cn4)ccc32)cc1. The second-order valence-electron chi connectivity index (χ2n) is 8.40. The van der Waals surface area contributed by atoms with E-state index in [-0.39, 0.29) is 22.5 Å². The van der Waals surface area contributed by atoms with Gasteiger partial charge in [0.15, 0.2) is 0 Å². The van der Waals surface area contributed by atoms with Gasteiger partial charge in [-0.1, -0.05) is 17.7 Å². The van der Waals surface area contributed by atoms with Crippen molar-refractivity contribution in [3.8, 4) is 22.7 Å². The van der Waals surface area contributed by atoms with Gasteiger partial charge in [0.25, 0.3) is 5.91 Å². The molecule has 7 nitrogen and oxygen atoms in total. The van der Waals surface area contributed by atoms with Crippen LogP contribution in [-0.2, 0) is 11.0 Å². The second-order valence-corrected chi connectivity index (χ2v) is 8.77. The number of aromatic nitrogens is 2. The van der Waals surface area contributed by atoms with Gasteiger partial charge in [-0.3, -0.25) is 14.6 Å². The standard InChI is InChI=1S/C26H21ClF3N3O4/c1-14(2)37-18-7-5-17(6-8-18)33-21-10-3-15(20-9-4-16(12-31-20)26(28,29)30)11-19(21)23(27)24(33)25(36)32-13-22(34)35/h3-12,14H,13H2,1-2H3,(H,32,36)(H,34,35). The van der Waals surface area contributed by atoms with Gasteiger partial charge in [-0.05, 0) is 62.4 Å². The molecule has 0 unspecified atom stereocenters. The van der Waals surface area contributed by atoms with Crippen molar-refractivity contribution in [2.24, 2.45) is 0 Å². The van der Waals surface area contributed by atoms with Gasteiger partial charge in [0.1, 0.15) is 18.0 Å². The van der Waals surface area contributed by atoms with Gasteiger partial charge in [0.2, 0.25) is 0 Å². The lowest BCUT2D eigenvalue weighted by Gasteiger charge is -2.13. The number of pyridine rings is 1. The smallest absolute Gasteiger partial charge is 0.417 e. The highest BCUT2D eigenvalue weighted by molar-refractivity contribution is 6.39. The van der Waals surface area contributed by atoms with Crippen molar-refractivity contribution in [3.63, 3.8) is 0 Å². The van der Waals surface area contributed by atoms with Crippen LogP contribution in [0.25, 0.3) is 27.8 Å². The number of amides is 1. The predicted molar refractivity (Wildman–Crippen MR) is 132 cm³/mol. The maximum Gasteiger partial charge on any atom is 0.417 e. The number of ether oxygens (including phenoxy) is 1. The minimum Gasteiger partial charge on any atom is -0.491 e. The largest absolute Gasteiger partial charge is 0.491 e. The lowest BCUT2D eigenvalue weighted by Crippen LogP contribution is -2.30. The molecule has 37 heavy (non-hydrogen) atoms. The third-order valence-electron chi connectivity index (χ3n) is 5.37. The summed E-state index contributed by atoms with van der Waals surface area (Å²) in [4.78, 5) is 28.0. The van der Waals surface area contributed by atoms with E-state index in [2.05, 4.69) is 10.3 Å². The van der Waals surface area contributed by atoms with E-state index in [1.807, 2.05) is 13.8 Å². The fraction of sp³-hybridized carbons (Fsp3) is 0.192. The fourth-order valence-electron chi connectivity index (χ4n) is 3.80. The van der Waals surface area contributed by atoms with Crippen LogP contribution < -0.4 is 10.1 Å². The summed E-state index contributed by atoms with van der Waals surface area (Å²) in [5.41, 5.74) is 0.994. The van der Waals surface area contributed by atoms with Crippen molar-refractivity contribution in [1.82, 2.24) is 14.9 Å². The molecule has 0 fully saturated rings. The summed E-state index contributed by atoms with van der Waals surface area (Å²) in [6, 6.07) is 14.0. The molecule has 0 aliphatic carbocycles. The number of hydrogen-bond acceptors (Lipinski definition) is 4. The first kappa shape index (κ1) is 26.0. The molecule has 0 saturated carbocycles. The van der Waals surface area contributed by atoms with Crippen molar-refractivity contribution < 1.29 is 32.6 Å². The molecule has 0 saturated heterocycles.